The second kappa shape index (κ2) is 8.01. The van der Waals surface area contributed by atoms with Crippen LogP contribution in [0.3, 0.4) is 0 Å². The van der Waals surface area contributed by atoms with Crippen LogP contribution in [-0.4, -0.2) is 30.5 Å². The topological polar surface area (TPSA) is 77.6 Å². The van der Waals surface area contributed by atoms with Crippen LogP contribution in [-0.2, 0) is 17.9 Å². The van der Waals surface area contributed by atoms with Gasteiger partial charge in [-0.2, -0.15) is 5.10 Å². The van der Waals surface area contributed by atoms with Crippen LogP contribution >= 0.6 is 23.2 Å². The minimum absolute atomic E-state index is 0.0870. The van der Waals surface area contributed by atoms with Gasteiger partial charge in [0.15, 0.2) is 0 Å². The van der Waals surface area contributed by atoms with Crippen molar-refractivity contribution in [2.75, 3.05) is 5.32 Å². The standard InChI is InChI=1S/C16H14Cl2F2N6O/c1-9-4-13(15(19)20)23-26(9)7-14(27)22-16-21-8-25(24-16)6-10-2-3-11(17)5-12(10)18/h2-5,8,15H,6-7H2,1H3,(H,22,24,27). The highest BCUT2D eigenvalue weighted by Crippen LogP contribution is 2.21. The smallest absolute Gasteiger partial charge is 0.282 e. The van der Waals surface area contributed by atoms with Crippen LogP contribution in [0.1, 0.15) is 23.4 Å². The van der Waals surface area contributed by atoms with Crippen molar-refractivity contribution in [3.05, 3.63) is 57.6 Å². The Hall–Kier alpha value is -2.52. The highest BCUT2D eigenvalue weighted by atomic mass is 35.5. The number of nitrogens with one attached hydrogen (secondary N) is 1. The Morgan fingerprint density at radius 3 is 2.70 bits per heavy atom. The lowest BCUT2D eigenvalue weighted by Gasteiger charge is -2.05. The predicted molar refractivity (Wildman–Crippen MR) is 96.1 cm³/mol. The SMILES string of the molecule is Cc1cc(C(F)F)nn1CC(=O)Nc1ncn(Cc2ccc(Cl)cc2Cl)n1. The molecule has 0 bridgehead atoms. The molecule has 1 aromatic carbocycles. The number of alkyl halides is 2. The number of carbonyl (C=O) groups excluding carboxylic acids is 1. The molecule has 11 heteroatoms. The van der Waals surface area contributed by atoms with Crippen LogP contribution < -0.4 is 5.32 Å². The van der Waals surface area contributed by atoms with E-state index >= 15 is 0 Å². The Kier molecular flexibility index (Phi) is 5.71. The molecule has 0 unspecified atom stereocenters. The van der Waals surface area contributed by atoms with Gasteiger partial charge in [-0.25, -0.2) is 18.4 Å². The number of anilines is 1. The minimum Gasteiger partial charge on any atom is -0.292 e. The number of carbonyl (C=O) groups is 1. The molecule has 0 aliphatic carbocycles. The maximum Gasteiger partial charge on any atom is 0.282 e. The monoisotopic (exact) mass is 414 g/mol. The molecule has 0 aliphatic heterocycles. The van der Waals surface area contributed by atoms with E-state index in [1.54, 1.807) is 25.1 Å². The summed E-state index contributed by atoms with van der Waals surface area (Å²) in [5, 5.41) is 11.4. The van der Waals surface area contributed by atoms with E-state index in [2.05, 4.69) is 20.5 Å². The third-order valence-corrected chi connectivity index (χ3v) is 4.24. The van der Waals surface area contributed by atoms with Crippen molar-refractivity contribution < 1.29 is 13.6 Å². The number of aromatic nitrogens is 5. The highest BCUT2D eigenvalue weighted by molar-refractivity contribution is 6.35. The summed E-state index contributed by atoms with van der Waals surface area (Å²) in [5.41, 5.74) is 0.870. The lowest BCUT2D eigenvalue weighted by atomic mass is 10.2. The number of nitrogens with zero attached hydrogens (tertiary/aromatic N) is 5. The molecule has 27 heavy (non-hydrogen) atoms. The fourth-order valence-electron chi connectivity index (χ4n) is 2.36. The first-order valence-corrected chi connectivity index (χ1v) is 8.53. The van der Waals surface area contributed by atoms with Crippen LogP contribution in [0.2, 0.25) is 10.0 Å². The van der Waals surface area contributed by atoms with Crippen molar-refractivity contribution in [1.82, 2.24) is 24.5 Å². The molecule has 0 saturated carbocycles. The van der Waals surface area contributed by atoms with Crippen LogP contribution in [0.25, 0.3) is 0 Å². The van der Waals surface area contributed by atoms with Crippen molar-refractivity contribution in [3.63, 3.8) is 0 Å². The number of hydrogen-bond donors (Lipinski definition) is 1. The Morgan fingerprint density at radius 1 is 1.26 bits per heavy atom. The molecule has 3 aromatic rings. The zero-order chi connectivity index (χ0) is 19.6. The lowest BCUT2D eigenvalue weighted by Crippen LogP contribution is -2.21. The number of aryl methyl sites for hydroxylation is 1. The summed E-state index contributed by atoms with van der Waals surface area (Å²) < 4.78 is 28.0. The van der Waals surface area contributed by atoms with Gasteiger partial charge in [-0.15, -0.1) is 5.10 Å². The third kappa shape index (κ3) is 4.81. The predicted octanol–water partition coefficient (Wildman–Crippen LogP) is 3.71. The summed E-state index contributed by atoms with van der Waals surface area (Å²) in [6.07, 6.45) is -1.25. The quantitative estimate of drug-likeness (QED) is 0.666. The molecule has 1 amide bonds. The van der Waals surface area contributed by atoms with Crippen molar-refractivity contribution >= 4 is 35.1 Å². The van der Waals surface area contributed by atoms with E-state index in [0.29, 0.717) is 22.3 Å². The third-order valence-electron chi connectivity index (χ3n) is 3.65. The van der Waals surface area contributed by atoms with Crippen LogP contribution in [0.4, 0.5) is 14.7 Å². The van der Waals surface area contributed by atoms with Gasteiger partial charge in [-0.3, -0.25) is 14.8 Å². The molecular formula is C16H14Cl2F2N6O. The van der Waals surface area contributed by atoms with Gasteiger partial charge >= 0.3 is 0 Å². The maximum atomic E-state index is 12.7. The zero-order valence-corrected chi connectivity index (χ0v) is 15.5. The molecular weight excluding hydrogens is 401 g/mol. The van der Waals surface area contributed by atoms with Crippen LogP contribution in [0, 0.1) is 6.92 Å². The van der Waals surface area contributed by atoms with Crippen molar-refractivity contribution in [2.45, 2.75) is 26.4 Å². The van der Waals surface area contributed by atoms with Gasteiger partial charge in [0.1, 0.15) is 18.6 Å². The molecule has 0 spiro atoms. The van der Waals surface area contributed by atoms with Gasteiger partial charge in [0.25, 0.3) is 6.43 Å². The average Bonchev–Trinajstić information content (AvgIpc) is 3.17. The van der Waals surface area contributed by atoms with Gasteiger partial charge in [-0.1, -0.05) is 29.3 Å². The van der Waals surface area contributed by atoms with Crippen LogP contribution in [0.5, 0.6) is 0 Å². The first kappa shape index (κ1) is 19.2. The van der Waals surface area contributed by atoms with Crippen molar-refractivity contribution in [1.29, 1.82) is 0 Å². The number of benzene rings is 1. The summed E-state index contributed by atoms with van der Waals surface area (Å²) >= 11 is 12.0. The fourth-order valence-corrected chi connectivity index (χ4v) is 2.82. The van der Waals surface area contributed by atoms with Gasteiger partial charge in [0, 0.05) is 15.7 Å². The number of rotatable bonds is 6. The Bertz CT molecular complexity index is 972. The van der Waals surface area contributed by atoms with E-state index in [-0.39, 0.29) is 18.2 Å². The summed E-state index contributed by atoms with van der Waals surface area (Å²) in [6, 6.07) is 6.34. The molecule has 0 radical (unpaired) electrons. The molecule has 0 saturated heterocycles. The van der Waals surface area contributed by atoms with E-state index in [1.807, 2.05) is 0 Å². The number of hydrogen-bond acceptors (Lipinski definition) is 4. The maximum absolute atomic E-state index is 12.7. The van der Waals surface area contributed by atoms with E-state index < -0.39 is 12.3 Å². The van der Waals surface area contributed by atoms with E-state index in [1.165, 1.54) is 21.8 Å². The largest absolute Gasteiger partial charge is 0.292 e. The first-order valence-electron chi connectivity index (χ1n) is 7.77. The molecule has 142 valence electrons. The molecule has 7 nitrogen and oxygen atoms in total. The number of halogens is 4. The second-order valence-electron chi connectivity index (χ2n) is 5.72. The minimum atomic E-state index is -2.69. The van der Waals surface area contributed by atoms with E-state index in [4.69, 9.17) is 23.2 Å². The first-order chi connectivity index (χ1) is 12.8. The number of amides is 1. The van der Waals surface area contributed by atoms with Crippen LogP contribution in [0.15, 0.2) is 30.6 Å². The molecule has 2 heterocycles. The van der Waals surface area contributed by atoms with Crippen molar-refractivity contribution in [2.24, 2.45) is 0 Å². The van der Waals surface area contributed by atoms with Gasteiger partial charge in [0.2, 0.25) is 11.9 Å². The van der Waals surface area contributed by atoms with Gasteiger partial charge in [0.05, 0.1) is 6.54 Å². The van der Waals surface area contributed by atoms with Gasteiger partial charge < -0.3 is 0 Å². The summed E-state index contributed by atoms with van der Waals surface area (Å²) in [5.74, 6) is -0.395. The summed E-state index contributed by atoms with van der Waals surface area (Å²) in [4.78, 5) is 16.1. The average molecular weight is 415 g/mol. The van der Waals surface area contributed by atoms with Gasteiger partial charge in [-0.05, 0) is 30.7 Å². The van der Waals surface area contributed by atoms with Crippen molar-refractivity contribution in [3.8, 4) is 0 Å². The molecule has 3 rings (SSSR count). The Morgan fingerprint density at radius 2 is 2.04 bits per heavy atom. The molecule has 1 N–H and O–H groups in total. The summed E-state index contributed by atoms with van der Waals surface area (Å²) in [6.45, 7) is 1.71. The molecule has 0 fully saturated rings. The molecule has 2 aromatic heterocycles. The highest BCUT2D eigenvalue weighted by Gasteiger charge is 2.16. The summed E-state index contributed by atoms with van der Waals surface area (Å²) in [7, 11) is 0. The van der Waals surface area contributed by atoms with E-state index in [0.717, 1.165) is 5.56 Å². The normalized spacial score (nSPS) is 11.2. The Labute approximate surface area is 162 Å². The Balaban J connectivity index is 1.62. The fraction of sp³-hybridized carbons (Fsp3) is 0.250. The molecule has 0 atom stereocenters. The zero-order valence-electron chi connectivity index (χ0n) is 14.0. The lowest BCUT2D eigenvalue weighted by molar-refractivity contribution is -0.117. The molecule has 0 aliphatic rings. The van der Waals surface area contributed by atoms with E-state index in [9.17, 15) is 13.6 Å². The second-order valence-corrected chi connectivity index (χ2v) is 6.56.